The smallest absolute Gasteiger partial charge is 0.412 e. The number of likely N-dealkylation sites (N-methyl/N-ethyl adjacent to an activating group) is 1. The minimum atomic E-state index is -1.34. The molecule has 0 saturated carbocycles. The summed E-state index contributed by atoms with van der Waals surface area (Å²) in [5.41, 5.74) is 7.02. The van der Waals surface area contributed by atoms with Crippen LogP contribution in [0.15, 0.2) is 48.5 Å². The van der Waals surface area contributed by atoms with Crippen molar-refractivity contribution in [1.29, 1.82) is 0 Å². The molecule has 0 bridgehead atoms. The third-order valence-corrected chi connectivity index (χ3v) is 8.27. The molecule has 1 amide bonds. The van der Waals surface area contributed by atoms with Crippen molar-refractivity contribution in [2.75, 3.05) is 65.5 Å². The molecule has 0 aromatic heterocycles. The summed E-state index contributed by atoms with van der Waals surface area (Å²) >= 11 is 0.552. The summed E-state index contributed by atoms with van der Waals surface area (Å²) in [6.07, 6.45) is -0.0336. The quantitative estimate of drug-likeness (QED) is 0.0793. The molecule has 12 nitrogen and oxygen atoms in total. The van der Waals surface area contributed by atoms with E-state index in [0.717, 1.165) is 23.6 Å². The van der Waals surface area contributed by atoms with Crippen LogP contribution in [0.3, 0.4) is 0 Å². The molecule has 0 aliphatic rings. The number of benzene rings is 2. The summed E-state index contributed by atoms with van der Waals surface area (Å²) in [6, 6.07) is 13.2. The van der Waals surface area contributed by atoms with E-state index in [0.29, 0.717) is 63.7 Å². The summed E-state index contributed by atoms with van der Waals surface area (Å²) < 4.78 is 21.8. The van der Waals surface area contributed by atoms with Gasteiger partial charge in [0.25, 0.3) is 0 Å². The number of anilines is 1. The van der Waals surface area contributed by atoms with Gasteiger partial charge in [-0.1, -0.05) is 0 Å². The molecule has 41 heavy (non-hydrogen) atoms. The number of nitrogens with two attached hydrogens (primary N) is 1. The van der Waals surface area contributed by atoms with Gasteiger partial charge < -0.3 is 20.8 Å². The largest absolute Gasteiger partial charge is 0.412 e. The van der Waals surface area contributed by atoms with Crippen molar-refractivity contribution >= 4 is 23.5 Å². The van der Waals surface area contributed by atoms with Crippen LogP contribution in [-0.4, -0.2) is 89.1 Å². The Morgan fingerprint density at radius 1 is 1.02 bits per heavy atom. The number of amides is 1. The van der Waals surface area contributed by atoms with Crippen LogP contribution in [0, 0.1) is 0 Å². The summed E-state index contributed by atoms with van der Waals surface area (Å²) in [6.45, 7) is 8.45. The van der Waals surface area contributed by atoms with Gasteiger partial charge in [0.05, 0.1) is 18.7 Å². The summed E-state index contributed by atoms with van der Waals surface area (Å²) in [5.74, 6) is -1.75. The van der Waals surface area contributed by atoms with Crippen molar-refractivity contribution < 1.29 is 74.9 Å². The molecule has 0 aliphatic carbocycles. The summed E-state index contributed by atoms with van der Waals surface area (Å²) in [5, 5.41) is 13.3. The zero-order valence-electron chi connectivity index (χ0n) is 24.1. The van der Waals surface area contributed by atoms with Gasteiger partial charge in [-0.25, -0.2) is 4.79 Å². The number of para-hydroxylation sites is 1. The molecule has 13 heteroatoms. The van der Waals surface area contributed by atoms with E-state index in [1.54, 1.807) is 55.6 Å². The number of hydrogen-bond donors (Lipinski definition) is 3. The number of aliphatic carboxylic acids is 1. The molecule has 1 atom stereocenters. The van der Waals surface area contributed by atoms with Crippen LogP contribution in [0.4, 0.5) is 5.69 Å². The van der Waals surface area contributed by atoms with Gasteiger partial charge >= 0.3 is 157 Å². The number of carboxylic acids is 1. The van der Waals surface area contributed by atoms with Crippen molar-refractivity contribution in [2.24, 2.45) is 0 Å². The first-order chi connectivity index (χ1) is 19.2. The number of nitrogen functional groups attached to an aromatic ring is 1. The van der Waals surface area contributed by atoms with Crippen LogP contribution in [0.2, 0.25) is 3.93 Å². The number of nitrogens with one attached hydrogen (secondary N) is 2. The number of rotatable bonds is 17. The molecule has 1 unspecified atom stereocenters. The first-order valence-corrected chi connectivity index (χ1v) is 17.1. The number of carbonyl (C=O) groups excluding carboxylic acids is 3. The maximum atomic E-state index is 12.2. The van der Waals surface area contributed by atoms with Gasteiger partial charge in [0.15, 0.2) is 0 Å². The minimum absolute atomic E-state index is 0. The van der Waals surface area contributed by atoms with Crippen LogP contribution in [-0.2, 0) is 45.1 Å². The number of hydrogen-bond acceptors (Lipinski definition) is 9. The van der Waals surface area contributed by atoms with Gasteiger partial charge in [0.2, 0.25) is 0 Å². The summed E-state index contributed by atoms with van der Waals surface area (Å²) in [4.78, 5) is 35.8. The standard InChI is InChI=1S/C15H20NO6.C13H20N2O2.Hg.H2O/c1-11(21-8-7-20-2)9-16-15(19)12-5-3-4-6-13(12)22-10-14(17)18;1-3-15(4-2)9-10-17-13(16)11-5-7-12(14)8-6-11;;/h3-6,11H,1,7-10H2,2H3,(H,16,19)(H,17,18);5-8H,3-4,9-10,14H2,1-2H3;;1H2/q;;+1;. The Balaban J connectivity index is 0.000000794. The Labute approximate surface area is 257 Å². The number of methoxy groups -OCH3 is 1. The SMILES string of the molecule is CC[NH+](CC)CCOC(=O)c1ccc(N)cc1.COCCOC([CH2][Hg+])CNC(=O)c1ccccc1OCC(=O)[O-].O. The van der Waals surface area contributed by atoms with Gasteiger partial charge in [-0.3, -0.25) is 0 Å². The molecular weight excluding hydrogens is 723 g/mol. The second-order valence-corrected chi connectivity index (χ2v) is 10.9. The molecule has 0 spiro atoms. The van der Waals surface area contributed by atoms with Crippen LogP contribution in [0.25, 0.3) is 0 Å². The van der Waals surface area contributed by atoms with Crippen LogP contribution < -0.4 is 25.8 Å². The molecule has 0 saturated heterocycles. The Morgan fingerprint density at radius 3 is 2.27 bits per heavy atom. The van der Waals surface area contributed by atoms with Crippen LogP contribution in [0.1, 0.15) is 34.6 Å². The number of carboxylic acid groups (broad SMARTS) is 1. The van der Waals surface area contributed by atoms with Gasteiger partial charge in [0, 0.05) is 5.69 Å². The molecule has 6 N–H and O–H groups in total. The van der Waals surface area contributed by atoms with E-state index in [1.165, 1.54) is 4.90 Å². The average molecular weight is 765 g/mol. The third-order valence-electron chi connectivity index (χ3n) is 5.77. The van der Waals surface area contributed by atoms with Crippen molar-refractivity contribution in [1.82, 2.24) is 5.32 Å². The Morgan fingerprint density at radius 2 is 1.68 bits per heavy atom. The molecule has 224 valence electrons. The van der Waals surface area contributed by atoms with E-state index < -0.39 is 12.6 Å². The Kier molecular flexibility index (Phi) is 21.3. The van der Waals surface area contributed by atoms with Gasteiger partial charge in [-0.15, -0.1) is 0 Å². The zero-order valence-corrected chi connectivity index (χ0v) is 29.6. The second-order valence-electron chi connectivity index (χ2n) is 8.61. The third kappa shape index (κ3) is 16.3. The minimum Gasteiger partial charge on any atom is -0.412 e. The molecule has 0 heterocycles. The van der Waals surface area contributed by atoms with Crippen molar-refractivity contribution in [3.05, 3.63) is 59.7 Å². The van der Waals surface area contributed by atoms with Crippen LogP contribution in [0.5, 0.6) is 5.75 Å². The summed E-state index contributed by atoms with van der Waals surface area (Å²) in [7, 11) is 1.61. The van der Waals surface area contributed by atoms with Gasteiger partial charge in [-0.05, 0) is 38.1 Å². The Bertz CT molecular complexity index is 1020. The van der Waals surface area contributed by atoms with Gasteiger partial charge in [0.1, 0.15) is 13.2 Å². The number of carbonyl (C=O) groups is 3. The van der Waals surface area contributed by atoms with E-state index in [2.05, 4.69) is 19.2 Å². The maximum absolute atomic E-state index is 12.2. The van der Waals surface area contributed by atoms with Crippen LogP contribution >= 0.6 is 0 Å². The first-order valence-electron chi connectivity index (χ1n) is 13.2. The normalized spacial score (nSPS) is 11.0. The Hall–Kier alpha value is -2.77. The molecule has 2 aromatic carbocycles. The maximum Gasteiger partial charge on any atom is -0.412 e. The fourth-order valence-corrected chi connectivity index (χ4v) is 4.80. The fourth-order valence-electron chi connectivity index (χ4n) is 3.36. The molecule has 2 rings (SSSR count). The van der Waals surface area contributed by atoms with E-state index in [1.807, 2.05) is 0 Å². The van der Waals surface area contributed by atoms with E-state index in [9.17, 15) is 19.5 Å². The van der Waals surface area contributed by atoms with Gasteiger partial charge in [-0.2, -0.15) is 0 Å². The van der Waals surface area contributed by atoms with Crippen molar-refractivity contribution in [3.8, 4) is 5.75 Å². The van der Waals surface area contributed by atoms with E-state index in [4.69, 9.17) is 24.7 Å². The monoisotopic (exact) mass is 766 g/mol. The number of ether oxygens (including phenoxy) is 4. The fraction of sp³-hybridized carbons (Fsp3) is 0.464. The second kappa shape index (κ2) is 22.9. The molecule has 0 aliphatic heterocycles. The molecular formula is C28H42HgN3O9+. The molecule has 0 radical (unpaired) electrons. The topological polar surface area (TPSA) is 185 Å². The molecule has 0 fully saturated rings. The van der Waals surface area contributed by atoms with Crippen molar-refractivity contribution in [3.63, 3.8) is 0 Å². The number of esters is 1. The predicted octanol–water partition coefficient (Wildman–Crippen LogP) is -0.933. The average Bonchev–Trinajstić information content (AvgIpc) is 2.96. The van der Waals surface area contributed by atoms with E-state index in [-0.39, 0.29) is 34.8 Å². The first kappa shape index (κ1) is 38.2. The van der Waals surface area contributed by atoms with Crippen molar-refractivity contribution in [2.45, 2.75) is 23.9 Å². The number of quaternary nitrogens is 1. The predicted molar refractivity (Wildman–Crippen MR) is 147 cm³/mol. The van der Waals surface area contributed by atoms with E-state index >= 15 is 0 Å². The molecule has 2 aromatic rings. The zero-order chi connectivity index (χ0) is 29.8.